The van der Waals surface area contributed by atoms with Crippen LogP contribution in [0.5, 0.6) is 5.75 Å². The normalized spacial score (nSPS) is 17.8. The average Bonchev–Trinajstić information content (AvgIpc) is 2.56. The van der Waals surface area contributed by atoms with Crippen LogP contribution in [-0.4, -0.2) is 6.61 Å². The fraction of sp³-hybridized carbons (Fsp3) is 0.667. The third kappa shape index (κ3) is 4.90. The maximum atomic E-state index is 6.25. The molecule has 1 aliphatic carbocycles. The molecule has 0 aliphatic heterocycles. The number of benzene rings is 1. The third-order valence-corrected chi connectivity index (χ3v) is 5.90. The van der Waals surface area contributed by atoms with Crippen molar-refractivity contribution >= 4 is 0 Å². The zero-order valence-electron chi connectivity index (χ0n) is 17.2. The Kier molecular flexibility index (Phi) is 6.77. The van der Waals surface area contributed by atoms with Crippen molar-refractivity contribution in [2.75, 3.05) is 6.61 Å². The van der Waals surface area contributed by atoms with E-state index in [1.165, 1.54) is 55.2 Å². The lowest BCUT2D eigenvalue weighted by Crippen LogP contribution is -2.34. The summed E-state index contributed by atoms with van der Waals surface area (Å²) in [6.45, 7) is 16.6. The first-order valence-corrected chi connectivity index (χ1v) is 10.2. The highest BCUT2D eigenvalue weighted by Crippen LogP contribution is 2.47. The van der Waals surface area contributed by atoms with Gasteiger partial charge in [-0.3, -0.25) is 0 Å². The summed E-state index contributed by atoms with van der Waals surface area (Å²) in [6, 6.07) is 4.76. The molecule has 0 saturated heterocycles. The first-order chi connectivity index (χ1) is 11.8. The van der Waals surface area contributed by atoms with Gasteiger partial charge in [-0.05, 0) is 59.3 Å². The van der Waals surface area contributed by atoms with Crippen LogP contribution in [0, 0.1) is 0 Å². The van der Waals surface area contributed by atoms with Crippen molar-refractivity contribution in [3.8, 4) is 5.75 Å². The van der Waals surface area contributed by atoms with E-state index in [0.717, 1.165) is 25.2 Å². The van der Waals surface area contributed by atoms with E-state index in [-0.39, 0.29) is 10.8 Å². The summed E-state index contributed by atoms with van der Waals surface area (Å²) in [5.74, 6) is 1.08. The molecule has 0 heterocycles. The molecule has 1 aromatic carbocycles. The maximum absolute atomic E-state index is 6.25. The van der Waals surface area contributed by atoms with Gasteiger partial charge in [-0.2, -0.15) is 0 Å². The van der Waals surface area contributed by atoms with E-state index in [0.29, 0.717) is 0 Å². The summed E-state index contributed by atoms with van der Waals surface area (Å²) in [5.41, 5.74) is 4.78. The van der Waals surface area contributed by atoms with Gasteiger partial charge < -0.3 is 4.74 Å². The molecule has 1 heteroatoms. The summed E-state index contributed by atoms with van der Waals surface area (Å²) >= 11 is 0. The lowest BCUT2D eigenvalue weighted by Gasteiger charge is -2.42. The highest BCUT2D eigenvalue weighted by Gasteiger charge is 2.37. The number of hydrogen-bond donors (Lipinski definition) is 0. The SMILES string of the molecule is C=CCc1cc2c(cc1OCCCCCCC)C(C)(C)CCC2(C)C. The summed E-state index contributed by atoms with van der Waals surface area (Å²) in [4.78, 5) is 0. The Morgan fingerprint density at radius 3 is 2.16 bits per heavy atom. The van der Waals surface area contributed by atoms with Gasteiger partial charge in [0.25, 0.3) is 0 Å². The van der Waals surface area contributed by atoms with Crippen molar-refractivity contribution in [1.29, 1.82) is 0 Å². The first kappa shape index (κ1) is 20.1. The van der Waals surface area contributed by atoms with Crippen molar-refractivity contribution in [3.63, 3.8) is 0 Å². The molecule has 0 aromatic heterocycles. The number of hydrogen-bond acceptors (Lipinski definition) is 1. The molecular formula is C24H38O. The fourth-order valence-electron chi connectivity index (χ4n) is 3.98. The summed E-state index contributed by atoms with van der Waals surface area (Å²) in [6.07, 6.45) is 11.7. The second-order valence-electron chi connectivity index (χ2n) is 9.03. The quantitative estimate of drug-likeness (QED) is 0.343. The number of ether oxygens (including phenoxy) is 1. The first-order valence-electron chi connectivity index (χ1n) is 10.2. The van der Waals surface area contributed by atoms with Crippen molar-refractivity contribution in [2.24, 2.45) is 0 Å². The molecule has 0 unspecified atom stereocenters. The molecule has 1 aliphatic rings. The zero-order chi connectivity index (χ0) is 18.5. The molecule has 0 bridgehead atoms. The standard InChI is InChI=1S/C24H38O/c1-7-9-10-11-12-16-25-22-18-21-20(17-19(22)13-8-2)23(3,4)14-15-24(21,5)6/h8,17-18H,2,7,9-16H2,1,3-6H3. The number of rotatable bonds is 9. The van der Waals surface area contributed by atoms with E-state index < -0.39 is 0 Å². The van der Waals surface area contributed by atoms with Crippen LogP contribution < -0.4 is 4.74 Å². The zero-order valence-corrected chi connectivity index (χ0v) is 17.2. The molecule has 0 atom stereocenters. The van der Waals surface area contributed by atoms with Crippen LogP contribution in [0.4, 0.5) is 0 Å². The molecule has 1 nitrogen and oxygen atoms in total. The van der Waals surface area contributed by atoms with Crippen LogP contribution >= 0.6 is 0 Å². The van der Waals surface area contributed by atoms with Crippen LogP contribution in [0.3, 0.4) is 0 Å². The van der Waals surface area contributed by atoms with Crippen LogP contribution in [0.15, 0.2) is 24.8 Å². The van der Waals surface area contributed by atoms with Crippen LogP contribution in [0.25, 0.3) is 0 Å². The van der Waals surface area contributed by atoms with E-state index in [1.54, 1.807) is 0 Å². The second-order valence-corrected chi connectivity index (χ2v) is 9.03. The summed E-state index contributed by atoms with van der Waals surface area (Å²) < 4.78 is 6.25. The molecule has 0 radical (unpaired) electrons. The van der Waals surface area contributed by atoms with Gasteiger partial charge >= 0.3 is 0 Å². The second kappa shape index (κ2) is 8.43. The van der Waals surface area contributed by atoms with Crippen molar-refractivity contribution in [2.45, 2.75) is 96.8 Å². The molecule has 0 fully saturated rings. The van der Waals surface area contributed by atoms with Gasteiger partial charge in [0.1, 0.15) is 5.75 Å². The molecule has 0 N–H and O–H groups in total. The minimum Gasteiger partial charge on any atom is -0.493 e. The van der Waals surface area contributed by atoms with Gasteiger partial charge in [-0.25, -0.2) is 0 Å². The van der Waals surface area contributed by atoms with E-state index in [9.17, 15) is 0 Å². The van der Waals surface area contributed by atoms with E-state index in [2.05, 4.69) is 53.3 Å². The maximum Gasteiger partial charge on any atom is 0.123 e. The Bertz CT molecular complexity index is 580. The Morgan fingerprint density at radius 1 is 0.960 bits per heavy atom. The van der Waals surface area contributed by atoms with Gasteiger partial charge in [-0.15, -0.1) is 6.58 Å². The third-order valence-electron chi connectivity index (χ3n) is 5.90. The number of allylic oxidation sites excluding steroid dienone is 1. The van der Waals surface area contributed by atoms with Gasteiger partial charge in [0, 0.05) is 0 Å². The van der Waals surface area contributed by atoms with Gasteiger partial charge in [-0.1, -0.05) is 72.4 Å². The Labute approximate surface area is 155 Å². The molecule has 0 spiro atoms. The molecule has 0 amide bonds. The smallest absolute Gasteiger partial charge is 0.123 e. The van der Waals surface area contributed by atoms with Crippen LogP contribution in [-0.2, 0) is 17.3 Å². The molecule has 2 rings (SSSR count). The van der Waals surface area contributed by atoms with E-state index >= 15 is 0 Å². The minimum absolute atomic E-state index is 0.233. The van der Waals surface area contributed by atoms with Crippen molar-refractivity contribution < 1.29 is 4.74 Å². The molecule has 1 aromatic rings. The Balaban J connectivity index is 2.22. The lowest BCUT2D eigenvalue weighted by atomic mass is 9.63. The minimum atomic E-state index is 0.233. The molecule has 0 saturated carbocycles. The molecular weight excluding hydrogens is 304 g/mol. The van der Waals surface area contributed by atoms with Gasteiger partial charge in [0.15, 0.2) is 0 Å². The van der Waals surface area contributed by atoms with Crippen LogP contribution in [0.1, 0.15) is 96.3 Å². The number of fused-ring (bicyclic) bond motifs is 1. The Morgan fingerprint density at radius 2 is 1.56 bits per heavy atom. The topological polar surface area (TPSA) is 9.23 Å². The van der Waals surface area contributed by atoms with Gasteiger partial charge in [0.2, 0.25) is 0 Å². The van der Waals surface area contributed by atoms with Crippen molar-refractivity contribution in [3.05, 3.63) is 41.5 Å². The molecule has 25 heavy (non-hydrogen) atoms. The van der Waals surface area contributed by atoms with Crippen LogP contribution in [0.2, 0.25) is 0 Å². The summed E-state index contributed by atoms with van der Waals surface area (Å²) in [5, 5.41) is 0. The highest BCUT2D eigenvalue weighted by molar-refractivity contribution is 5.50. The van der Waals surface area contributed by atoms with E-state index in [1.807, 2.05) is 6.08 Å². The predicted octanol–water partition coefficient (Wildman–Crippen LogP) is 7.11. The monoisotopic (exact) mass is 342 g/mol. The lowest BCUT2D eigenvalue weighted by molar-refractivity contribution is 0.295. The fourth-order valence-corrected chi connectivity index (χ4v) is 3.98. The van der Waals surface area contributed by atoms with Gasteiger partial charge in [0.05, 0.1) is 6.61 Å². The predicted molar refractivity (Wildman–Crippen MR) is 110 cm³/mol. The number of unbranched alkanes of at least 4 members (excludes halogenated alkanes) is 4. The molecule has 140 valence electrons. The highest BCUT2D eigenvalue weighted by atomic mass is 16.5. The average molecular weight is 343 g/mol. The van der Waals surface area contributed by atoms with E-state index in [4.69, 9.17) is 4.74 Å². The van der Waals surface area contributed by atoms with Crippen molar-refractivity contribution in [1.82, 2.24) is 0 Å². The summed E-state index contributed by atoms with van der Waals surface area (Å²) in [7, 11) is 0. The Hall–Kier alpha value is -1.24. The largest absolute Gasteiger partial charge is 0.493 e.